The number of nitrogens with one attached hydrogen (secondary N) is 1. The van der Waals surface area contributed by atoms with E-state index in [0.717, 1.165) is 25.3 Å². The van der Waals surface area contributed by atoms with Crippen LogP contribution in [0.5, 0.6) is 11.5 Å². The number of nitro benzene ring substituents is 1. The van der Waals surface area contributed by atoms with Gasteiger partial charge in [-0.2, -0.15) is 0 Å². The topological polar surface area (TPSA) is 143 Å². The molecule has 0 spiro atoms. The van der Waals surface area contributed by atoms with E-state index >= 15 is 0 Å². The van der Waals surface area contributed by atoms with Gasteiger partial charge >= 0.3 is 11.9 Å². The van der Waals surface area contributed by atoms with Crippen LogP contribution in [0, 0.1) is 10.1 Å². The monoisotopic (exact) mass is 432 g/mol. The smallest absolute Gasteiger partial charge is 0.340 e. The second-order valence-electron chi connectivity index (χ2n) is 5.94. The van der Waals surface area contributed by atoms with Crippen molar-refractivity contribution in [3.8, 4) is 11.5 Å². The van der Waals surface area contributed by atoms with Crippen molar-refractivity contribution in [2.45, 2.75) is 6.92 Å². The number of non-ortho nitro benzene ring substituents is 1. The number of carbonyl (C=O) groups excluding carboxylic acids is 3. The van der Waals surface area contributed by atoms with Gasteiger partial charge in [-0.1, -0.05) is 0 Å². The first-order valence-electron chi connectivity index (χ1n) is 8.87. The molecular formula is C20H20N2O9. The summed E-state index contributed by atoms with van der Waals surface area (Å²) < 4.78 is 19.9. The summed E-state index contributed by atoms with van der Waals surface area (Å²) in [5.74, 6) is -1.95. The molecule has 0 aliphatic rings. The van der Waals surface area contributed by atoms with E-state index in [4.69, 9.17) is 18.9 Å². The Labute approximate surface area is 177 Å². The fourth-order valence-electron chi connectivity index (χ4n) is 2.64. The van der Waals surface area contributed by atoms with Gasteiger partial charge in [-0.05, 0) is 13.0 Å². The maximum absolute atomic E-state index is 12.8. The van der Waals surface area contributed by atoms with Crippen molar-refractivity contribution >= 4 is 29.2 Å². The molecule has 0 saturated heterocycles. The molecule has 0 fully saturated rings. The Morgan fingerprint density at radius 1 is 0.935 bits per heavy atom. The van der Waals surface area contributed by atoms with Crippen molar-refractivity contribution in [2.24, 2.45) is 0 Å². The molecule has 0 aliphatic heterocycles. The number of esters is 2. The number of benzene rings is 2. The first-order chi connectivity index (χ1) is 14.7. The molecule has 2 aromatic carbocycles. The maximum Gasteiger partial charge on any atom is 0.340 e. The van der Waals surface area contributed by atoms with Crippen LogP contribution in [-0.4, -0.2) is 50.7 Å². The van der Waals surface area contributed by atoms with Crippen molar-refractivity contribution in [3.63, 3.8) is 0 Å². The van der Waals surface area contributed by atoms with E-state index < -0.39 is 28.5 Å². The van der Waals surface area contributed by atoms with E-state index in [1.165, 1.54) is 26.4 Å². The first kappa shape index (κ1) is 23.1. The van der Waals surface area contributed by atoms with Crippen molar-refractivity contribution in [1.29, 1.82) is 0 Å². The van der Waals surface area contributed by atoms with E-state index in [0.29, 0.717) is 0 Å². The Bertz CT molecular complexity index is 1030. The van der Waals surface area contributed by atoms with Crippen molar-refractivity contribution in [2.75, 3.05) is 33.3 Å². The Morgan fingerprint density at radius 2 is 1.55 bits per heavy atom. The van der Waals surface area contributed by atoms with Gasteiger partial charge in [0.05, 0.1) is 49.7 Å². The SMILES string of the molecule is CCOC(=O)c1cc(C(=O)Nc2cc(OC)c(OC)cc2C(=O)OC)cc([N+](=O)[O-])c1. The van der Waals surface area contributed by atoms with Gasteiger partial charge in [-0.3, -0.25) is 14.9 Å². The van der Waals surface area contributed by atoms with Crippen molar-refractivity contribution < 1.29 is 38.3 Å². The molecule has 1 N–H and O–H groups in total. The molecule has 0 aliphatic carbocycles. The van der Waals surface area contributed by atoms with Gasteiger partial charge in [0.1, 0.15) is 0 Å². The van der Waals surface area contributed by atoms with E-state index in [1.54, 1.807) is 6.92 Å². The summed E-state index contributed by atoms with van der Waals surface area (Å²) >= 11 is 0. The zero-order valence-corrected chi connectivity index (χ0v) is 17.2. The molecule has 0 bridgehead atoms. The molecule has 11 nitrogen and oxygen atoms in total. The van der Waals surface area contributed by atoms with Crippen LogP contribution in [0.3, 0.4) is 0 Å². The zero-order chi connectivity index (χ0) is 23.1. The molecule has 2 aromatic rings. The molecule has 0 aromatic heterocycles. The lowest BCUT2D eigenvalue weighted by Gasteiger charge is -2.15. The van der Waals surface area contributed by atoms with Gasteiger partial charge in [-0.25, -0.2) is 9.59 Å². The number of amides is 1. The number of ether oxygens (including phenoxy) is 4. The highest BCUT2D eigenvalue weighted by molar-refractivity contribution is 6.09. The van der Waals surface area contributed by atoms with Gasteiger partial charge in [0.25, 0.3) is 11.6 Å². The number of nitro groups is 1. The third kappa shape index (κ3) is 5.26. The lowest BCUT2D eigenvalue weighted by atomic mass is 10.1. The molecule has 31 heavy (non-hydrogen) atoms. The number of methoxy groups -OCH3 is 3. The number of anilines is 1. The van der Waals surface area contributed by atoms with E-state index in [9.17, 15) is 24.5 Å². The molecule has 164 valence electrons. The molecule has 2 rings (SSSR count). The van der Waals surface area contributed by atoms with Crippen LogP contribution in [0.4, 0.5) is 11.4 Å². The van der Waals surface area contributed by atoms with Gasteiger partial charge in [0.2, 0.25) is 0 Å². The second-order valence-corrected chi connectivity index (χ2v) is 5.94. The number of carbonyl (C=O) groups is 3. The zero-order valence-electron chi connectivity index (χ0n) is 17.2. The summed E-state index contributed by atoms with van der Waals surface area (Å²) in [5, 5.41) is 13.7. The Hall–Kier alpha value is -4.15. The standard InChI is InChI=1S/C20H20N2O9/c1-5-31-19(24)12-6-11(7-13(8-12)22(26)27)18(23)21-15-10-17(29-3)16(28-2)9-14(15)20(25)30-4/h6-10H,5H2,1-4H3,(H,21,23). The Balaban J connectivity index is 2.52. The minimum atomic E-state index is -0.818. The Kier molecular flexibility index (Phi) is 7.50. The molecule has 0 heterocycles. The maximum atomic E-state index is 12.8. The normalized spacial score (nSPS) is 10.1. The van der Waals surface area contributed by atoms with Crippen molar-refractivity contribution in [3.05, 3.63) is 57.1 Å². The van der Waals surface area contributed by atoms with Gasteiger partial charge in [0.15, 0.2) is 11.5 Å². The Morgan fingerprint density at radius 3 is 2.10 bits per heavy atom. The van der Waals surface area contributed by atoms with Crippen molar-refractivity contribution in [1.82, 2.24) is 0 Å². The van der Waals surface area contributed by atoms with Crippen LogP contribution < -0.4 is 14.8 Å². The molecule has 0 radical (unpaired) electrons. The van der Waals surface area contributed by atoms with Crippen LogP contribution in [0.2, 0.25) is 0 Å². The molecule has 0 atom stereocenters. The molecule has 11 heteroatoms. The van der Waals surface area contributed by atoms with E-state index in [1.807, 2.05) is 0 Å². The fraction of sp³-hybridized carbons (Fsp3) is 0.250. The highest BCUT2D eigenvalue weighted by Gasteiger charge is 2.22. The summed E-state index contributed by atoms with van der Waals surface area (Å²) in [6.07, 6.45) is 0. The van der Waals surface area contributed by atoms with E-state index in [2.05, 4.69) is 5.32 Å². The molecular weight excluding hydrogens is 412 g/mol. The van der Waals surface area contributed by atoms with Crippen LogP contribution in [-0.2, 0) is 9.47 Å². The molecule has 0 saturated carbocycles. The number of rotatable bonds is 8. The fourth-order valence-corrected chi connectivity index (χ4v) is 2.64. The first-order valence-corrected chi connectivity index (χ1v) is 8.87. The largest absolute Gasteiger partial charge is 0.493 e. The molecule has 1 amide bonds. The van der Waals surface area contributed by atoms with Crippen LogP contribution in [0.1, 0.15) is 38.0 Å². The lowest BCUT2D eigenvalue weighted by molar-refractivity contribution is -0.384. The predicted molar refractivity (Wildman–Crippen MR) is 108 cm³/mol. The van der Waals surface area contributed by atoms with Crippen LogP contribution in [0.15, 0.2) is 30.3 Å². The summed E-state index contributed by atoms with van der Waals surface area (Å²) in [6, 6.07) is 5.81. The average molecular weight is 432 g/mol. The van der Waals surface area contributed by atoms with Gasteiger partial charge < -0.3 is 24.3 Å². The summed E-state index contributed by atoms with van der Waals surface area (Å²) in [5.41, 5.74) is -0.857. The third-order valence-electron chi connectivity index (χ3n) is 4.08. The lowest BCUT2D eigenvalue weighted by Crippen LogP contribution is -2.17. The van der Waals surface area contributed by atoms with E-state index in [-0.39, 0.29) is 40.5 Å². The second kappa shape index (κ2) is 10.1. The number of nitrogens with zero attached hydrogens (tertiary/aromatic N) is 1. The summed E-state index contributed by atoms with van der Waals surface area (Å²) in [6.45, 7) is 1.63. The minimum Gasteiger partial charge on any atom is -0.493 e. The summed E-state index contributed by atoms with van der Waals surface area (Å²) in [7, 11) is 3.90. The number of hydrogen-bond acceptors (Lipinski definition) is 9. The summed E-state index contributed by atoms with van der Waals surface area (Å²) in [4.78, 5) is 47.5. The van der Waals surface area contributed by atoms with Crippen LogP contribution in [0.25, 0.3) is 0 Å². The third-order valence-corrected chi connectivity index (χ3v) is 4.08. The average Bonchev–Trinajstić information content (AvgIpc) is 2.77. The van der Waals surface area contributed by atoms with Crippen LogP contribution >= 0.6 is 0 Å². The predicted octanol–water partition coefficient (Wildman–Crippen LogP) is 2.83. The minimum absolute atomic E-state index is 0.0127. The highest BCUT2D eigenvalue weighted by Crippen LogP contribution is 2.34. The molecule has 0 unspecified atom stereocenters. The van der Waals surface area contributed by atoms with Gasteiger partial charge in [-0.15, -0.1) is 0 Å². The number of hydrogen-bond donors (Lipinski definition) is 1. The highest BCUT2D eigenvalue weighted by atomic mass is 16.6. The van der Waals surface area contributed by atoms with Gasteiger partial charge in [0, 0.05) is 29.8 Å². The quantitative estimate of drug-likeness (QED) is 0.378.